The van der Waals surface area contributed by atoms with Crippen LogP contribution in [0.5, 0.6) is 0 Å². The van der Waals surface area contributed by atoms with E-state index in [1.165, 1.54) is 0 Å². The van der Waals surface area contributed by atoms with Crippen molar-refractivity contribution in [1.29, 1.82) is 0 Å². The van der Waals surface area contributed by atoms with Crippen molar-refractivity contribution < 1.29 is 9.59 Å². The number of hydrazine groups is 1. The Balaban J connectivity index is 2.57. The molecule has 0 radical (unpaired) electrons. The molecule has 0 saturated heterocycles. The third-order valence-electron chi connectivity index (χ3n) is 1.75. The highest BCUT2D eigenvalue weighted by Gasteiger charge is 2.14. The smallest absolute Gasteiger partial charge is 0.330 e. The maximum atomic E-state index is 11.3. The zero-order valence-corrected chi connectivity index (χ0v) is 7.94. The van der Waals surface area contributed by atoms with E-state index >= 15 is 0 Å². The van der Waals surface area contributed by atoms with Crippen LogP contribution in [0.15, 0.2) is 30.3 Å². The molecular formula is C9H12N4O2. The highest BCUT2D eigenvalue weighted by atomic mass is 16.2. The van der Waals surface area contributed by atoms with Gasteiger partial charge < -0.3 is 11.5 Å². The van der Waals surface area contributed by atoms with Crippen molar-refractivity contribution >= 4 is 11.9 Å². The number of rotatable bonds is 2. The maximum Gasteiger partial charge on any atom is 0.330 e. The summed E-state index contributed by atoms with van der Waals surface area (Å²) in [6, 6.07) is 7.11. The number of amides is 3. The molecule has 1 atom stereocenters. The van der Waals surface area contributed by atoms with Crippen LogP contribution in [-0.4, -0.2) is 11.9 Å². The minimum absolute atomic E-state index is 0.528. The van der Waals surface area contributed by atoms with Gasteiger partial charge in [-0.1, -0.05) is 30.3 Å². The Kier molecular flexibility index (Phi) is 3.64. The SMILES string of the molecule is NC(=O)NNC(=O)[C@@H](N)c1ccccc1. The zero-order valence-electron chi connectivity index (χ0n) is 7.94. The Bertz CT molecular complexity index is 352. The molecule has 0 saturated carbocycles. The fourth-order valence-electron chi connectivity index (χ4n) is 1.01. The molecule has 6 heteroatoms. The number of hydrogen-bond donors (Lipinski definition) is 4. The number of nitrogens with one attached hydrogen (secondary N) is 2. The lowest BCUT2D eigenvalue weighted by Gasteiger charge is -2.11. The molecule has 0 bridgehead atoms. The van der Waals surface area contributed by atoms with Crippen LogP contribution >= 0.6 is 0 Å². The Hall–Kier alpha value is -2.08. The quantitative estimate of drug-likeness (QED) is 0.486. The van der Waals surface area contributed by atoms with Crippen LogP contribution in [0.4, 0.5) is 4.79 Å². The molecular weight excluding hydrogens is 196 g/mol. The second-order valence-corrected chi connectivity index (χ2v) is 2.87. The van der Waals surface area contributed by atoms with Crippen LogP contribution in [-0.2, 0) is 4.79 Å². The van der Waals surface area contributed by atoms with Gasteiger partial charge in [-0.3, -0.25) is 10.2 Å². The van der Waals surface area contributed by atoms with E-state index in [4.69, 9.17) is 11.5 Å². The van der Waals surface area contributed by atoms with Gasteiger partial charge >= 0.3 is 6.03 Å². The number of benzene rings is 1. The van der Waals surface area contributed by atoms with E-state index < -0.39 is 18.0 Å². The molecule has 1 aromatic rings. The van der Waals surface area contributed by atoms with Crippen molar-refractivity contribution in [2.45, 2.75) is 6.04 Å². The van der Waals surface area contributed by atoms with Gasteiger partial charge in [0.25, 0.3) is 5.91 Å². The first-order valence-electron chi connectivity index (χ1n) is 4.27. The Morgan fingerprint density at radius 2 is 1.73 bits per heavy atom. The summed E-state index contributed by atoms with van der Waals surface area (Å²) in [5, 5.41) is 0. The van der Waals surface area contributed by atoms with Crippen LogP contribution in [0.2, 0.25) is 0 Å². The second-order valence-electron chi connectivity index (χ2n) is 2.87. The molecule has 0 spiro atoms. The van der Waals surface area contributed by atoms with E-state index in [1.807, 2.05) is 11.5 Å². The molecule has 0 aliphatic heterocycles. The Morgan fingerprint density at radius 3 is 2.27 bits per heavy atom. The van der Waals surface area contributed by atoms with Gasteiger partial charge in [0.15, 0.2) is 0 Å². The molecule has 6 N–H and O–H groups in total. The fraction of sp³-hybridized carbons (Fsp3) is 0.111. The van der Waals surface area contributed by atoms with Crippen molar-refractivity contribution in [3.05, 3.63) is 35.9 Å². The number of primary amides is 1. The van der Waals surface area contributed by atoms with Gasteiger partial charge in [0.1, 0.15) is 6.04 Å². The first-order valence-corrected chi connectivity index (χ1v) is 4.27. The fourth-order valence-corrected chi connectivity index (χ4v) is 1.01. The first kappa shape index (κ1) is 11.0. The molecule has 3 amide bonds. The molecule has 0 aromatic heterocycles. The molecule has 0 fully saturated rings. The summed E-state index contributed by atoms with van der Waals surface area (Å²) < 4.78 is 0. The minimum atomic E-state index is -0.844. The minimum Gasteiger partial charge on any atom is -0.350 e. The predicted molar refractivity (Wildman–Crippen MR) is 54.2 cm³/mol. The molecule has 15 heavy (non-hydrogen) atoms. The summed E-state index contributed by atoms with van der Waals surface area (Å²) in [5.41, 5.74) is 15.1. The van der Waals surface area contributed by atoms with E-state index in [0.29, 0.717) is 5.56 Å². The Morgan fingerprint density at radius 1 is 1.13 bits per heavy atom. The van der Waals surface area contributed by atoms with Crippen molar-refractivity contribution in [2.24, 2.45) is 11.5 Å². The average Bonchev–Trinajstić information content (AvgIpc) is 2.26. The molecule has 1 aromatic carbocycles. The molecule has 0 unspecified atom stereocenters. The highest BCUT2D eigenvalue weighted by Crippen LogP contribution is 2.08. The largest absolute Gasteiger partial charge is 0.350 e. The average molecular weight is 208 g/mol. The number of hydrogen-bond acceptors (Lipinski definition) is 3. The van der Waals surface area contributed by atoms with Gasteiger partial charge in [0, 0.05) is 0 Å². The topological polar surface area (TPSA) is 110 Å². The number of nitrogens with two attached hydrogens (primary N) is 2. The van der Waals surface area contributed by atoms with Crippen molar-refractivity contribution in [1.82, 2.24) is 10.9 Å². The summed E-state index contributed by atoms with van der Waals surface area (Å²) >= 11 is 0. The van der Waals surface area contributed by atoms with E-state index in [0.717, 1.165) is 0 Å². The van der Waals surface area contributed by atoms with Gasteiger partial charge in [-0.25, -0.2) is 10.2 Å². The summed E-state index contributed by atoms with van der Waals surface area (Å²) in [5.74, 6) is -0.528. The summed E-state index contributed by atoms with van der Waals surface area (Å²) in [7, 11) is 0. The lowest BCUT2D eigenvalue weighted by Crippen LogP contribution is -2.47. The lowest BCUT2D eigenvalue weighted by atomic mass is 10.1. The number of urea groups is 1. The van der Waals surface area contributed by atoms with E-state index in [-0.39, 0.29) is 0 Å². The summed E-state index contributed by atoms with van der Waals surface area (Å²) in [4.78, 5) is 21.7. The zero-order chi connectivity index (χ0) is 11.3. The third kappa shape index (κ3) is 3.28. The molecule has 80 valence electrons. The van der Waals surface area contributed by atoms with Crippen LogP contribution in [0, 0.1) is 0 Å². The molecule has 0 aliphatic rings. The van der Waals surface area contributed by atoms with Gasteiger partial charge in [0.2, 0.25) is 0 Å². The van der Waals surface area contributed by atoms with Gasteiger partial charge in [0.05, 0.1) is 0 Å². The predicted octanol–water partition coefficient (Wildman–Crippen LogP) is -0.614. The van der Waals surface area contributed by atoms with Crippen LogP contribution in [0.25, 0.3) is 0 Å². The van der Waals surface area contributed by atoms with E-state index in [2.05, 4.69) is 5.43 Å². The monoisotopic (exact) mass is 208 g/mol. The summed E-state index contributed by atoms with van der Waals surface area (Å²) in [6.45, 7) is 0. The second kappa shape index (κ2) is 4.97. The van der Waals surface area contributed by atoms with E-state index in [1.54, 1.807) is 24.3 Å². The Labute approximate surface area is 86.6 Å². The number of carbonyl (C=O) groups excluding carboxylic acids is 2. The molecule has 0 aliphatic carbocycles. The van der Waals surface area contributed by atoms with Crippen LogP contribution < -0.4 is 22.3 Å². The summed E-state index contributed by atoms with van der Waals surface area (Å²) in [6.07, 6.45) is 0. The van der Waals surface area contributed by atoms with Gasteiger partial charge in [-0.05, 0) is 5.56 Å². The number of carbonyl (C=O) groups is 2. The van der Waals surface area contributed by atoms with Crippen LogP contribution in [0.1, 0.15) is 11.6 Å². The first-order chi connectivity index (χ1) is 7.11. The standard InChI is InChI=1S/C9H12N4O2/c10-7(6-4-2-1-3-5-6)8(14)12-13-9(11)15/h1-5,7H,10H2,(H,12,14)(H3,11,13,15)/t7-/m0/s1. The van der Waals surface area contributed by atoms with Crippen LogP contribution in [0.3, 0.4) is 0 Å². The van der Waals surface area contributed by atoms with Crippen molar-refractivity contribution in [3.8, 4) is 0 Å². The van der Waals surface area contributed by atoms with Crippen molar-refractivity contribution in [3.63, 3.8) is 0 Å². The van der Waals surface area contributed by atoms with Crippen molar-refractivity contribution in [2.75, 3.05) is 0 Å². The van der Waals surface area contributed by atoms with Gasteiger partial charge in [-0.15, -0.1) is 0 Å². The molecule has 6 nitrogen and oxygen atoms in total. The maximum absolute atomic E-state index is 11.3. The highest BCUT2D eigenvalue weighted by molar-refractivity contribution is 5.85. The normalized spacial score (nSPS) is 11.5. The molecule has 1 rings (SSSR count). The lowest BCUT2D eigenvalue weighted by molar-refractivity contribution is -0.123. The molecule has 0 heterocycles. The van der Waals surface area contributed by atoms with Gasteiger partial charge in [-0.2, -0.15) is 0 Å². The van der Waals surface area contributed by atoms with E-state index in [9.17, 15) is 9.59 Å². The third-order valence-corrected chi connectivity index (χ3v) is 1.75.